The Morgan fingerprint density at radius 1 is 0.850 bits per heavy atom. The molecule has 4 rings (SSSR count). The van der Waals surface area contributed by atoms with Crippen molar-refractivity contribution in [3.63, 3.8) is 0 Å². The van der Waals surface area contributed by atoms with E-state index in [2.05, 4.69) is 27.4 Å². The maximum atomic E-state index is 4.53. The molecule has 1 aromatic carbocycles. The van der Waals surface area contributed by atoms with Crippen molar-refractivity contribution in [2.45, 2.75) is 6.92 Å². The summed E-state index contributed by atoms with van der Waals surface area (Å²) in [4.78, 5) is 4.53. The van der Waals surface area contributed by atoms with Crippen molar-refractivity contribution in [2.24, 2.45) is 0 Å². The van der Waals surface area contributed by atoms with E-state index in [1.165, 1.54) is 0 Å². The molecular formula is C16H12N4. The van der Waals surface area contributed by atoms with Gasteiger partial charge in [0.2, 0.25) is 0 Å². The first-order chi connectivity index (χ1) is 9.83. The molecule has 20 heavy (non-hydrogen) atoms. The van der Waals surface area contributed by atoms with Crippen molar-refractivity contribution in [1.29, 1.82) is 0 Å². The van der Waals surface area contributed by atoms with E-state index in [1.54, 1.807) is 0 Å². The van der Waals surface area contributed by atoms with Gasteiger partial charge in [0.25, 0.3) is 0 Å². The molecule has 0 atom stereocenters. The molecule has 0 amide bonds. The molecule has 0 aliphatic heterocycles. The quantitative estimate of drug-likeness (QED) is 0.527. The van der Waals surface area contributed by atoms with E-state index in [4.69, 9.17) is 0 Å². The van der Waals surface area contributed by atoms with Crippen LogP contribution in [0.15, 0.2) is 54.6 Å². The Morgan fingerprint density at radius 2 is 1.75 bits per heavy atom. The number of hydrogen-bond donors (Lipinski definition) is 0. The molecule has 0 spiro atoms. The molecule has 4 aromatic rings. The summed E-state index contributed by atoms with van der Waals surface area (Å²) < 4.78 is 1.87. The van der Waals surface area contributed by atoms with E-state index in [1.807, 2.05) is 53.9 Å². The van der Waals surface area contributed by atoms with Crippen LogP contribution in [0.2, 0.25) is 0 Å². The maximum Gasteiger partial charge on any atom is 0.139 e. The van der Waals surface area contributed by atoms with Crippen LogP contribution < -0.4 is 0 Å². The number of nitrogens with zero attached hydrogens (tertiary/aromatic N) is 4. The largest absolute Gasteiger partial charge is 0.251 e. The van der Waals surface area contributed by atoms with E-state index < -0.39 is 0 Å². The Hall–Kier alpha value is -2.75. The second-order valence-electron chi connectivity index (χ2n) is 4.79. The van der Waals surface area contributed by atoms with Gasteiger partial charge < -0.3 is 0 Å². The topological polar surface area (TPSA) is 43.1 Å². The number of para-hydroxylation sites is 1. The molecule has 0 unspecified atom stereocenters. The SMILES string of the molecule is Cc1cccc(-c2nnn3c2ccc2ccccc23)n1. The van der Waals surface area contributed by atoms with Crippen LogP contribution >= 0.6 is 0 Å². The third-order valence-corrected chi connectivity index (χ3v) is 3.42. The van der Waals surface area contributed by atoms with Crippen LogP contribution in [-0.2, 0) is 0 Å². The van der Waals surface area contributed by atoms with Gasteiger partial charge in [0, 0.05) is 11.1 Å². The Balaban J connectivity index is 2.05. The Bertz CT molecular complexity index is 924. The minimum Gasteiger partial charge on any atom is -0.251 e. The van der Waals surface area contributed by atoms with Crippen LogP contribution in [0.1, 0.15) is 5.69 Å². The standard InChI is InChI=1S/C16H12N4/c1-11-5-4-7-13(17-11)16-15-10-9-12-6-2-3-8-14(12)20(15)19-18-16/h2-10H,1H3. The number of benzene rings is 1. The van der Waals surface area contributed by atoms with Crippen LogP contribution in [0.5, 0.6) is 0 Å². The molecule has 0 bridgehead atoms. The van der Waals surface area contributed by atoms with Gasteiger partial charge >= 0.3 is 0 Å². The average molecular weight is 260 g/mol. The molecule has 0 aliphatic carbocycles. The first kappa shape index (κ1) is 11.1. The van der Waals surface area contributed by atoms with Crippen LogP contribution in [0.3, 0.4) is 0 Å². The zero-order chi connectivity index (χ0) is 13.5. The fourth-order valence-electron chi connectivity index (χ4n) is 2.46. The molecule has 0 radical (unpaired) electrons. The number of fused-ring (bicyclic) bond motifs is 3. The minimum absolute atomic E-state index is 0.819. The summed E-state index contributed by atoms with van der Waals surface area (Å²) >= 11 is 0. The highest BCUT2D eigenvalue weighted by Gasteiger charge is 2.11. The van der Waals surface area contributed by atoms with Gasteiger partial charge in [-0.25, -0.2) is 4.52 Å². The second kappa shape index (κ2) is 4.13. The van der Waals surface area contributed by atoms with Gasteiger partial charge in [-0.2, -0.15) is 0 Å². The van der Waals surface area contributed by atoms with Gasteiger partial charge in [0.05, 0.1) is 16.7 Å². The lowest BCUT2D eigenvalue weighted by molar-refractivity contribution is 0.883. The predicted molar refractivity (Wildman–Crippen MR) is 78.5 cm³/mol. The van der Waals surface area contributed by atoms with Crippen molar-refractivity contribution in [2.75, 3.05) is 0 Å². The smallest absolute Gasteiger partial charge is 0.139 e. The molecule has 4 heteroatoms. The van der Waals surface area contributed by atoms with Crippen LogP contribution in [-0.4, -0.2) is 19.8 Å². The van der Waals surface area contributed by atoms with Gasteiger partial charge in [0.15, 0.2) is 0 Å². The molecule has 0 fully saturated rings. The average Bonchev–Trinajstić information content (AvgIpc) is 2.91. The Morgan fingerprint density at radius 3 is 2.65 bits per heavy atom. The lowest BCUT2D eigenvalue weighted by Gasteiger charge is -2.01. The van der Waals surface area contributed by atoms with Crippen LogP contribution in [0.4, 0.5) is 0 Å². The highest BCUT2D eigenvalue weighted by molar-refractivity contribution is 5.86. The molecule has 0 saturated heterocycles. The first-order valence-electron chi connectivity index (χ1n) is 6.50. The fourth-order valence-corrected chi connectivity index (χ4v) is 2.46. The number of hydrogen-bond acceptors (Lipinski definition) is 3. The summed E-state index contributed by atoms with van der Waals surface area (Å²) in [6, 6.07) is 18.2. The summed E-state index contributed by atoms with van der Waals surface area (Å²) in [6.45, 7) is 1.98. The highest BCUT2D eigenvalue weighted by Crippen LogP contribution is 2.24. The summed E-state index contributed by atoms with van der Waals surface area (Å²) in [6.07, 6.45) is 0. The van der Waals surface area contributed by atoms with Gasteiger partial charge in [-0.05, 0) is 31.2 Å². The molecule has 3 aromatic heterocycles. The number of pyridine rings is 2. The molecule has 4 nitrogen and oxygen atoms in total. The van der Waals surface area contributed by atoms with E-state index in [0.717, 1.165) is 33.5 Å². The fraction of sp³-hybridized carbons (Fsp3) is 0.0625. The van der Waals surface area contributed by atoms with Gasteiger partial charge in [-0.1, -0.05) is 35.5 Å². The van der Waals surface area contributed by atoms with Gasteiger partial charge in [0.1, 0.15) is 5.69 Å². The van der Waals surface area contributed by atoms with Gasteiger partial charge in [-0.3, -0.25) is 4.98 Å². The summed E-state index contributed by atoms with van der Waals surface area (Å²) in [5, 5.41) is 9.73. The van der Waals surface area contributed by atoms with E-state index in [0.29, 0.717) is 0 Å². The summed E-state index contributed by atoms with van der Waals surface area (Å²) in [7, 11) is 0. The Kier molecular flexibility index (Phi) is 2.29. The van der Waals surface area contributed by atoms with Crippen molar-refractivity contribution in [1.82, 2.24) is 19.8 Å². The lowest BCUT2D eigenvalue weighted by Crippen LogP contribution is -1.90. The zero-order valence-electron chi connectivity index (χ0n) is 11.0. The molecule has 0 saturated carbocycles. The first-order valence-corrected chi connectivity index (χ1v) is 6.50. The highest BCUT2D eigenvalue weighted by atomic mass is 15.4. The third kappa shape index (κ3) is 1.58. The molecule has 96 valence electrons. The predicted octanol–water partition coefficient (Wildman–Crippen LogP) is 3.25. The lowest BCUT2D eigenvalue weighted by atomic mass is 10.2. The third-order valence-electron chi connectivity index (χ3n) is 3.42. The van der Waals surface area contributed by atoms with E-state index >= 15 is 0 Å². The van der Waals surface area contributed by atoms with Crippen molar-refractivity contribution >= 4 is 16.4 Å². The normalized spacial score (nSPS) is 11.2. The van der Waals surface area contributed by atoms with Crippen molar-refractivity contribution in [3.8, 4) is 11.4 Å². The second-order valence-corrected chi connectivity index (χ2v) is 4.79. The van der Waals surface area contributed by atoms with Crippen molar-refractivity contribution in [3.05, 3.63) is 60.3 Å². The van der Waals surface area contributed by atoms with Gasteiger partial charge in [-0.15, -0.1) is 5.10 Å². The van der Waals surface area contributed by atoms with E-state index in [-0.39, 0.29) is 0 Å². The number of aryl methyl sites for hydroxylation is 1. The Labute approximate surface area is 115 Å². The number of rotatable bonds is 1. The monoisotopic (exact) mass is 260 g/mol. The molecular weight excluding hydrogens is 248 g/mol. The summed E-state index contributed by atoms with van der Waals surface area (Å²) in [5.74, 6) is 0. The maximum absolute atomic E-state index is 4.53. The van der Waals surface area contributed by atoms with E-state index in [9.17, 15) is 0 Å². The number of aromatic nitrogens is 4. The molecule has 3 heterocycles. The van der Waals surface area contributed by atoms with Crippen LogP contribution in [0.25, 0.3) is 27.8 Å². The van der Waals surface area contributed by atoms with Crippen LogP contribution in [0, 0.1) is 6.92 Å². The molecule has 0 aliphatic rings. The zero-order valence-corrected chi connectivity index (χ0v) is 11.0. The summed E-state index contributed by atoms with van der Waals surface area (Å²) in [5.41, 5.74) is 4.68. The molecule has 0 N–H and O–H groups in total. The van der Waals surface area contributed by atoms with Crippen molar-refractivity contribution < 1.29 is 0 Å². The minimum atomic E-state index is 0.819.